The summed E-state index contributed by atoms with van der Waals surface area (Å²) in [5.41, 5.74) is 2.19. The summed E-state index contributed by atoms with van der Waals surface area (Å²) in [4.78, 5) is 28.4. The number of hydrogen-bond donors (Lipinski definition) is 1. The van der Waals surface area contributed by atoms with E-state index in [9.17, 15) is 14.7 Å². The van der Waals surface area contributed by atoms with Crippen LogP contribution in [0.2, 0.25) is 0 Å². The van der Waals surface area contributed by atoms with Crippen LogP contribution in [0.3, 0.4) is 0 Å². The van der Waals surface area contributed by atoms with Gasteiger partial charge in [-0.2, -0.15) is 0 Å². The third kappa shape index (κ3) is 3.99. The molecule has 1 unspecified atom stereocenters. The molecular weight excluding hydrogens is 410 g/mol. The highest BCUT2D eigenvalue weighted by Gasteiger charge is 2.47. The van der Waals surface area contributed by atoms with Crippen molar-refractivity contribution < 1.29 is 19.4 Å². The van der Waals surface area contributed by atoms with E-state index in [-0.39, 0.29) is 11.3 Å². The minimum Gasteiger partial charge on any atom is -0.507 e. The van der Waals surface area contributed by atoms with Crippen molar-refractivity contribution in [3.8, 4) is 5.75 Å². The molecule has 158 valence electrons. The Bertz CT molecular complexity index is 1130. The summed E-state index contributed by atoms with van der Waals surface area (Å²) in [6.45, 7) is 4.52. The molecule has 1 saturated heterocycles. The Hall–Kier alpha value is -3.38. The van der Waals surface area contributed by atoms with Crippen LogP contribution in [0.15, 0.2) is 71.6 Å². The van der Waals surface area contributed by atoms with Crippen LogP contribution < -0.4 is 9.64 Å². The smallest absolute Gasteiger partial charge is 0.300 e. The SMILES string of the molecule is CCCOc1cccc(/C(O)=C2/C(=O)C(=O)N(c3ccc(C)cc3)C2c2cccs2)c1. The van der Waals surface area contributed by atoms with Gasteiger partial charge < -0.3 is 9.84 Å². The molecule has 0 spiro atoms. The molecule has 0 aliphatic carbocycles. The van der Waals surface area contributed by atoms with E-state index in [4.69, 9.17) is 4.74 Å². The van der Waals surface area contributed by atoms with Gasteiger partial charge in [0.25, 0.3) is 11.7 Å². The molecule has 1 aliphatic rings. The summed E-state index contributed by atoms with van der Waals surface area (Å²) in [5.74, 6) is -0.946. The first-order valence-corrected chi connectivity index (χ1v) is 11.0. The van der Waals surface area contributed by atoms with Crippen LogP contribution in [-0.2, 0) is 9.59 Å². The second-order valence-corrected chi connectivity index (χ2v) is 8.38. The zero-order chi connectivity index (χ0) is 22.0. The average molecular weight is 434 g/mol. The second kappa shape index (κ2) is 8.78. The van der Waals surface area contributed by atoms with Crippen molar-refractivity contribution in [3.63, 3.8) is 0 Å². The third-order valence-corrected chi connectivity index (χ3v) is 6.07. The number of aliphatic hydroxyl groups excluding tert-OH is 1. The minimum atomic E-state index is -0.698. The van der Waals surface area contributed by atoms with E-state index >= 15 is 0 Å². The van der Waals surface area contributed by atoms with Crippen LogP contribution >= 0.6 is 11.3 Å². The van der Waals surface area contributed by atoms with Crippen molar-refractivity contribution in [1.29, 1.82) is 0 Å². The highest BCUT2D eigenvalue weighted by atomic mass is 32.1. The number of anilines is 1. The van der Waals surface area contributed by atoms with Gasteiger partial charge in [0, 0.05) is 16.1 Å². The van der Waals surface area contributed by atoms with Gasteiger partial charge in [-0.1, -0.05) is 42.8 Å². The second-order valence-electron chi connectivity index (χ2n) is 7.40. The number of nitrogens with zero attached hydrogens (tertiary/aromatic N) is 1. The number of rotatable bonds is 6. The number of benzene rings is 2. The summed E-state index contributed by atoms with van der Waals surface area (Å²) < 4.78 is 5.66. The molecule has 0 radical (unpaired) electrons. The van der Waals surface area contributed by atoms with Gasteiger partial charge in [-0.15, -0.1) is 11.3 Å². The molecule has 5 nitrogen and oxygen atoms in total. The number of aryl methyl sites for hydroxylation is 1. The van der Waals surface area contributed by atoms with Gasteiger partial charge in [0.1, 0.15) is 17.6 Å². The molecule has 1 amide bonds. The zero-order valence-electron chi connectivity index (χ0n) is 17.4. The van der Waals surface area contributed by atoms with Gasteiger partial charge in [0.15, 0.2) is 0 Å². The Morgan fingerprint density at radius 2 is 1.87 bits per heavy atom. The minimum absolute atomic E-state index is 0.0840. The standard InChI is InChI=1S/C25H23NO4S/c1-3-13-30-19-7-4-6-17(15-19)23(27)21-22(20-8-5-14-31-20)26(25(29)24(21)28)18-11-9-16(2)10-12-18/h4-12,14-15,22,27H,3,13H2,1-2H3/b23-21-. The maximum Gasteiger partial charge on any atom is 0.300 e. The molecule has 31 heavy (non-hydrogen) atoms. The number of ether oxygens (including phenoxy) is 1. The van der Waals surface area contributed by atoms with Crippen LogP contribution in [0.25, 0.3) is 5.76 Å². The summed E-state index contributed by atoms with van der Waals surface area (Å²) in [6.07, 6.45) is 0.857. The molecule has 1 atom stereocenters. The monoisotopic (exact) mass is 433 g/mol. The summed E-state index contributed by atoms with van der Waals surface area (Å²) in [5, 5.41) is 13.1. The van der Waals surface area contributed by atoms with Gasteiger partial charge in [0.05, 0.1) is 12.2 Å². The van der Waals surface area contributed by atoms with Crippen LogP contribution in [0.1, 0.15) is 35.4 Å². The van der Waals surface area contributed by atoms with Crippen molar-refractivity contribution in [2.24, 2.45) is 0 Å². The number of Topliss-reactive ketones (excluding diaryl/α,β-unsaturated/α-hetero) is 1. The van der Waals surface area contributed by atoms with Crippen molar-refractivity contribution >= 4 is 34.5 Å². The molecule has 0 saturated carbocycles. The van der Waals surface area contributed by atoms with Crippen LogP contribution in [0, 0.1) is 6.92 Å². The highest BCUT2D eigenvalue weighted by Crippen LogP contribution is 2.43. The Kier molecular flexibility index (Phi) is 5.91. The fourth-order valence-electron chi connectivity index (χ4n) is 3.63. The van der Waals surface area contributed by atoms with Gasteiger partial charge in [-0.3, -0.25) is 14.5 Å². The number of amides is 1. The van der Waals surface area contributed by atoms with Gasteiger partial charge >= 0.3 is 0 Å². The highest BCUT2D eigenvalue weighted by molar-refractivity contribution is 7.10. The largest absolute Gasteiger partial charge is 0.507 e. The lowest BCUT2D eigenvalue weighted by Gasteiger charge is -2.24. The molecule has 0 bridgehead atoms. The lowest BCUT2D eigenvalue weighted by atomic mass is 9.99. The quantitative estimate of drug-likeness (QED) is 0.318. The lowest BCUT2D eigenvalue weighted by Crippen LogP contribution is -2.29. The maximum atomic E-state index is 13.1. The Labute approximate surface area is 185 Å². The molecular formula is C25H23NO4S. The third-order valence-electron chi connectivity index (χ3n) is 5.15. The number of ketones is 1. The number of carbonyl (C=O) groups is 2. The number of aliphatic hydroxyl groups is 1. The van der Waals surface area contributed by atoms with Gasteiger partial charge in [-0.05, 0) is 49.1 Å². The van der Waals surface area contributed by atoms with Crippen LogP contribution in [-0.4, -0.2) is 23.4 Å². The molecule has 2 heterocycles. The summed E-state index contributed by atoms with van der Waals surface area (Å²) >= 11 is 1.44. The van der Waals surface area contributed by atoms with E-state index in [1.807, 2.05) is 55.6 Å². The first-order valence-electron chi connectivity index (χ1n) is 10.2. The van der Waals surface area contributed by atoms with Gasteiger partial charge in [0.2, 0.25) is 0 Å². The van der Waals surface area contributed by atoms with E-state index in [2.05, 4.69) is 0 Å². The summed E-state index contributed by atoms with van der Waals surface area (Å²) in [6, 6.07) is 17.4. The topological polar surface area (TPSA) is 66.8 Å². The van der Waals surface area contributed by atoms with E-state index in [1.54, 1.807) is 24.3 Å². The predicted molar refractivity (Wildman–Crippen MR) is 123 cm³/mol. The van der Waals surface area contributed by atoms with E-state index in [0.29, 0.717) is 23.6 Å². The van der Waals surface area contributed by atoms with Gasteiger partial charge in [-0.25, -0.2) is 0 Å². The van der Waals surface area contributed by atoms with Crippen LogP contribution in [0.4, 0.5) is 5.69 Å². The van der Waals surface area contributed by atoms with Crippen molar-refractivity contribution in [2.75, 3.05) is 11.5 Å². The van der Waals surface area contributed by atoms with E-state index in [0.717, 1.165) is 16.9 Å². The normalized spacial score (nSPS) is 17.9. The fourth-order valence-corrected chi connectivity index (χ4v) is 4.45. The molecule has 2 aromatic carbocycles. The number of thiophene rings is 1. The van der Waals surface area contributed by atoms with E-state index in [1.165, 1.54) is 16.2 Å². The van der Waals surface area contributed by atoms with E-state index < -0.39 is 17.7 Å². The van der Waals surface area contributed by atoms with Crippen molar-refractivity contribution in [2.45, 2.75) is 26.3 Å². The molecule has 6 heteroatoms. The first-order chi connectivity index (χ1) is 15.0. The predicted octanol–water partition coefficient (Wildman–Crippen LogP) is 5.47. The Balaban J connectivity index is 1.84. The molecule has 1 N–H and O–H groups in total. The molecule has 1 aromatic heterocycles. The molecule has 1 fully saturated rings. The molecule has 3 aromatic rings. The van der Waals surface area contributed by atoms with Crippen molar-refractivity contribution in [3.05, 3.63) is 87.6 Å². The number of carbonyl (C=O) groups excluding carboxylic acids is 2. The Morgan fingerprint density at radius 3 is 2.55 bits per heavy atom. The summed E-state index contributed by atoms with van der Waals surface area (Å²) in [7, 11) is 0. The Morgan fingerprint density at radius 1 is 1.10 bits per heavy atom. The maximum absolute atomic E-state index is 13.1. The lowest BCUT2D eigenvalue weighted by molar-refractivity contribution is -0.132. The average Bonchev–Trinajstić information content (AvgIpc) is 3.40. The number of hydrogen-bond acceptors (Lipinski definition) is 5. The molecule has 1 aliphatic heterocycles. The van der Waals surface area contributed by atoms with Crippen LogP contribution in [0.5, 0.6) is 5.75 Å². The zero-order valence-corrected chi connectivity index (χ0v) is 18.2. The molecule has 4 rings (SSSR count). The van der Waals surface area contributed by atoms with Crippen molar-refractivity contribution in [1.82, 2.24) is 0 Å². The fraction of sp³-hybridized carbons (Fsp3) is 0.200. The first kappa shape index (κ1) is 20.9.